The molecular formula is C22H21F3N4O4. The van der Waals surface area contributed by atoms with Crippen LogP contribution in [0.1, 0.15) is 28.9 Å². The van der Waals surface area contributed by atoms with E-state index in [-0.39, 0.29) is 36.5 Å². The lowest BCUT2D eigenvalue weighted by Crippen LogP contribution is -2.26. The van der Waals surface area contributed by atoms with Crippen molar-refractivity contribution in [2.75, 3.05) is 6.61 Å². The average molecular weight is 462 g/mol. The van der Waals surface area contributed by atoms with E-state index >= 15 is 0 Å². The number of aryl methyl sites for hydroxylation is 2. The maximum atomic E-state index is 13.6. The summed E-state index contributed by atoms with van der Waals surface area (Å²) in [5, 5.41) is 17.3. The number of nitro groups is 1. The van der Waals surface area contributed by atoms with Crippen molar-refractivity contribution in [1.29, 1.82) is 0 Å². The zero-order valence-electron chi connectivity index (χ0n) is 17.8. The average Bonchev–Trinajstić information content (AvgIpc) is 3.09. The van der Waals surface area contributed by atoms with Crippen LogP contribution in [0.15, 0.2) is 48.5 Å². The normalized spacial score (nSPS) is 11.3. The smallest absolute Gasteiger partial charge is 0.416 e. The molecule has 0 unspecified atom stereocenters. The van der Waals surface area contributed by atoms with Crippen LogP contribution in [0.25, 0.3) is 5.69 Å². The predicted octanol–water partition coefficient (Wildman–Crippen LogP) is 4.50. The number of nitro benzene ring substituents is 1. The Balaban J connectivity index is 1.61. The number of nitrogens with zero attached hydrogens (tertiary/aromatic N) is 3. The predicted molar refractivity (Wildman–Crippen MR) is 113 cm³/mol. The van der Waals surface area contributed by atoms with Gasteiger partial charge in [-0.1, -0.05) is 6.07 Å². The molecule has 0 atom stereocenters. The fourth-order valence-corrected chi connectivity index (χ4v) is 3.21. The number of amides is 1. The Bertz CT molecular complexity index is 1160. The molecule has 0 aliphatic heterocycles. The summed E-state index contributed by atoms with van der Waals surface area (Å²) >= 11 is 0. The molecule has 0 bridgehead atoms. The molecule has 1 amide bonds. The summed E-state index contributed by atoms with van der Waals surface area (Å²) < 4.78 is 47.7. The number of hydrogen-bond acceptors (Lipinski definition) is 5. The van der Waals surface area contributed by atoms with E-state index in [0.29, 0.717) is 17.1 Å². The highest BCUT2D eigenvalue weighted by molar-refractivity contribution is 5.76. The maximum absolute atomic E-state index is 13.6. The summed E-state index contributed by atoms with van der Waals surface area (Å²) in [7, 11) is 0. The van der Waals surface area contributed by atoms with Gasteiger partial charge in [0.15, 0.2) is 0 Å². The minimum absolute atomic E-state index is 0.0351. The second kappa shape index (κ2) is 9.72. The van der Waals surface area contributed by atoms with Gasteiger partial charge in [0.2, 0.25) is 5.91 Å². The Hall–Kier alpha value is -3.89. The number of hydrogen-bond donors (Lipinski definition) is 1. The summed E-state index contributed by atoms with van der Waals surface area (Å²) in [6, 6.07) is 11.0. The van der Waals surface area contributed by atoms with Crippen LogP contribution in [0.5, 0.6) is 5.75 Å². The maximum Gasteiger partial charge on any atom is 0.416 e. The Morgan fingerprint density at radius 3 is 2.42 bits per heavy atom. The van der Waals surface area contributed by atoms with Crippen LogP contribution in [0.4, 0.5) is 18.9 Å². The summed E-state index contributed by atoms with van der Waals surface area (Å²) in [5.41, 5.74) is 0.652. The van der Waals surface area contributed by atoms with Crippen LogP contribution in [0, 0.1) is 24.0 Å². The minimum Gasteiger partial charge on any atom is -0.493 e. The second-order valence-corrected chi connectivity index (χ2v) is 7.30. The first kappa shape index (κ1) is 23.8. The van der Waals surface area contributed by atoms with Crippen LogP contribution in [-0.2, 0) is 17.5 Å². The van der Waals surface area contributed by atoms with Gasteiger partial charge in [0.25, 0.3) is 5.69 Å². The Morgan fingerprint density at radius 1 is 1.15 bits per heavy atom. The summed E-state index contributed by atoms with van der Waals surface area (Å²) in [5.74, 6) is -0.153. The number of rotatable bonds is 8. The number of carbonyl (C=O) groups is 1. The van der Waals surface area contributed by atoms with Crippen LogP contribution in [0.3, 0.4) is 0 Å². The minimum atomic E-state index is -4.61. The van der Waals surface area contributed by atoms with E-state index in [9.17, 15) is 28.1 Å². The van der Waals surface area contributed by atoms with Crippen molar-refractivity contribution in [3.05, 3.63) is 81.2 Å². The molecule has 2 aromatic carbocycles. The largest absolute Gasteiger partial charge is 0.493 e. The van der Waals surface area contributed by atoms with Crippen LogP contribution in [-0.4, -0.2) is 27.2 Å². The van der Waals surface area contributed by atoms with E-state index in [1.165, 1.54) is 41.1 Å². The number of halogens is 3. The standard InChI is InChI=1S/C22H21F3N4O4/c1-14-11-15(2)28(27-14)18-4-3-16(20(12-18)22(23,24)25)13-26-21(30)9-10-33-19-7-5-17(6-8-19)29(31)32/h3-8,11-12H,9-10,13H2,1-2H3,(H,26,30). The monoisotopic (exact) mass is 462 g/mol. The van der Waals surface area contributed by atoms with Gasteiger partial charge < -0.3 is 10.1 Å². The van der Waals surface area contributed by atoms with Gasteiger partial charge in [-0.25, -0.2) is 4.68 Å². The highest BCUT2D eigenvalue weighted by Crippen LogP contribution is 2.33. The van der Waals surface area contributed by atoms with Crippen molar-refractivity contribution < 1.29 is 27.6 Å². The van der Waals surface area contributed by atoms with E-state index in [1.54, 1.807) is 19.9 Å². The third-order valence-corrected chi connectivity index (χ3v) is 4.77. The molecule has 0 aliphatic rings. The lowest BCUT2D eigenvalue weighted by atomic mass is 10.1. The Labute approximate surface area is 187 Å². The van der Waals surface area contributed by atoms with Crippen molar-refractivity contribution in [2.45, 2.75) is 33.0 Å². The molecule has 1 heterocycles. The molecule has 0 saturated carbocycles. The summed E-state index contributed by atoms with van der Waals surface area (Å²) in [4.78, 5) is 22.2. The lowest BCUT2D eigenvalue weighted by Gasteiger charge is -2.16. The van der Waals surface area contributed by atoms with Crippen molar-refractivity contribution in [3.63, 3.8) is 0 Å². The van der Waals surface area contributed by atoms with Gasteiger partial charge in [0.1, 0.15) is 5.75 Å². The molecule has 0 aliphatic carbocycles. The molecule has 1 aromatic heterocycles. The summed E-state index contributed by atoms with van der Waals surface area (Å²) in [6.45, 7) is 3.17. The van der Waals surface area contributed by atoms with Gasteiger partial charge in [-0.05, 0) is 49.7 Å². The highest BCUT2D eigenvalue weighted by Gasteiger charge is 2.34. The molecule has 0 fully saturated rings. The molecule has 0 saturated heterocycles. The van der Waals surface area contributed by atoms with Crippen molar-refractivity contribution in [3.8, 4) is 11.4 Å². The molecule has 1 N–H and O–H groups in total. The first-order chi connectivity index (χ1) is 15.5. The van der Waals surface area contributed by atoms with Gasteiger partial charge in [0, 0.05) is 24.4 Å². The molecule has 8 nitrogen and oxygen atoms in total. The zero-order valence-corrected chi connectivity index (χ0v) is 17.8. The van der Waals surface area contributed by atoms with Gasteiger partial charge >= 0.3 is 6.18 Å². The number of nitrogens with one attached hydrogen (secondary N) is 1. The Morgan fingerprint density at radius 2 is 1.85 bits per heavy atom. The van der Waals surface area contributed by atoms with Crippen molar-refractivity contribution in [2.24, 2.45) is 0 Å². The third kappa shape index (κ3) is 6.09. The number of benzene rings is 2. The SMILES string of the molecule is Cc1cc(C)n(-c2ccc(CNC(=O)CCOc3ccc([N+](=O)[O-])cc3)c(C(F)(F)F)c2)n1. The summed E-state index contributed by atoms with van der Waals surface area (Å²) in [6.07, 6.45) is -4.70. The number of alkyl halides is 3. The van der Waals surface area contributed by atoms with E-state index < -0.39 is 22.6 Å². The first-order valence-corrected chi connectivity index (χ1v) is 9.92. The molecular weight excluding hydrogens is 441 g/mol. The van der Waals surface area contributed by atoms with Gasteiger partial charge in [-0.15, -0.1) is 0 Å². The molecule has 174 valence electrons. The lowest BCUT2D eigenvalue weighted by molar-refractivity contribution is -0.384. The van der Waals surface area contributed by atoms with Crippen molar-refractivity contribution >= 4 is 11.6 Å². The number of aromatic nitrogens is 2. The van der Waals surface area contributed by atoms with Crippen LogP contribution in [0.2, 0.25) is 0 Å². The zero-order chi connectivity index (χ0) is 24.2. The third-order valence-electron chi connectivity index (χ3n) is 4.77. The molecule has 33 heavy (non-hydrogen) atoms. The van der Waals surface area contributed by atoms with Crippen molar-refractivity contribution in [1.82, 2.24) is 15.1 Å². The van der Waals surface area contributed by atoms with Gasteiger partial charge in [-0.2, -0.15) is 18.3 Å². The fraction of sp³-hybridized carbons (Fsp3) is 0.273. The highest BCUT2D eigenvalue weighted by atomic mass is 19.4. The van der Waals surface area contributed by atoms with Crippen LogP contribution >= 0.6 is 0 Å². The quantitative estimate of drug-likeness (QED) is 0.393. The topological polar surface area (TPSA) is 99.3 Å². The molecule has 11 heteroatoms. The first-order valence-electron chi connectivity index (χ1n) is 9.92. The van der Waals surface area contributed by atoms with E-state index in [2.05, 4.69) is 10.4 Å². The Kier molecular flexibility index (Phi) is 7.00. The second-order valence-electron chi connectivity index (χ2n) is 7.30. The molecule has 0 spiro atoms. The van der Waals surface area contributed by atoms with E-state index in [0.717, 1.165) is 6.07 Å². The van der Waals surface area contributed by atoms with Crippen LogP contribution < -0.4 is 10.1 Å². The van der Waals surface area contributed by atoms with E-state index in [1.807, 2.05) is 0 Å². The molecule has 3 aromatic rings. The number of carbonyl (C=O) groups excluding carboxylic acids is 1. The molecule has 3 rings (SSSR count). The van der Waals surface area contributed by atoms with Gasteiger partial charge in [0.05, 0.1) is 34.9 Å². The molecule has 0 radical (unpaired) electrons. The number of ether oxygens (including phenoxy) is 1. The fourth-order valence-electron chi connectivity index (χ4n) is 3.21. The van der Waals surface area contributed by atoms with Gasteiger partial charge in [-0.3, -0.25) is 14.9 Å². The number of non-ortho nitro benzene ring substituents is 1. The van der Waals surface area contributed by atoms with E-state index in [4.69, 9.17) is 4.74 Å².